The topological polar surface area (TPSA) is 47.8 Å². The molecule has 0 fully saturated rings. The van der Waals surface area contributed by atoms with Gasteiger partial charge in [-0.3, -0.25) is 9.78 Å². The van der Waals surface area contributed by atoms with Crippen LogP contribution < -0.4 is 0 Å². The minimum absolute atomic E-state index is 0.0680. The van der Waals surface area contributed by atoms with Crippen molar-refractivity contribution >= 4 is 21.7 Å². The molecule has 3 rings (SSSR count). The molecular weight excluding hydrogens is 282 g/mol. The van der Waals surface area contributed by atoms with Crippen LogP contribution in [0.3, 0.4) is 0 Å². The molecule has 5 heteroatoms. The van der Waals surface area contributed by atoms with Gasteiger partial charge in [0.2, 0.25) is 0 Å². The molecule has 0 amide bonds. The third-order valence-electron chi connectivity index (χ3n) is 2.89. The molecule has 0 radical (unpaired) electrons. The van der Waals surface area contributed by atoms with E-state index >= 15 is 0 Å². The summed E-state index contributed by atoms with van der Waals surface area (Å²) in [5, 5.41) is 4.44. The van der Waals surface area contributed by atoms with Gasteiger partial charge >= 0.3 is 0 Å². The summed E-state index contributed by atoms with van der Waals surface area (Å²) in [5.74, 6) is 0.126. The first-order valence-electron chi connectivity index (χ1n) is 5.43. The number of alkyl halides is 1. The van der Waals surface area contributed by atoms with E-state index in [9.17, 15) is 4.79 Å². The highest BCUT2D eigenvalue weighted by atomic mass is 79.9. The van der Waals surface area contributed by atoms with E-state index in [1.54, 1.807) is 23.3 Å². The van der Waals surface area contributed by atoms with Gasteiger partial charge in [-0.1, -0.05) is 15.9 Å². The second-order valence-electron chi connectivity index (χ2n) is 4.02. The third-order valence-corrected chi connectivity index (χ3v) is 3.76. The van der Waals surface area contributed by atoms with E-state index < -0.39 is 0 Å². The Bertz CT molecular complexity index is 564. The Morgan fingerprint density at radius 1 is 1.47 bits per heavy atom. The SMILES string of the molecule is O=C1c2cn(-c3cccnc3)nc2CCC1Br. The lowest BCUT2D eigenvalue weighted by Crippen LogP contribution is -2.21. The number of hydrogen-bond donors (Lipinski definition) is 0. The van der Waals surface area contributed by atoms with Crippen LogP contribution in [0.15, 0.2) is 30.7 Å². The fraction of sp³-hybridized carbons (Fsp3) is 0.250. The van der Waals surface area contributed by atoms with Crippen LogP contribution in [0.1, 0.15) is 22.5 Å². The quantitative estimate of drug-likeness (QED) is 0.757. The number of halogens is 1. The summed E-state index contributed by atoms with van der Waals surface area (Å²) in [6, 6.07) is 3.77. The van der Waals surface area contributed by atoms with Crippen molar-refractivity contribution in [3.63, 3.8) is 0 Å². The van der Waals surface area contributed by atoms with E-state index in [1.165, 1.54) is 0 Å². The van der Waals surface area contributed by atoms with Crippen LogP contribution in [0.25, 0.3) is 5.69 Å². The molecule has 0 N–H and O–H groups in total. The molecule has 0 spiro atoms. The first kappa shape index (κ1) is 10.7. The molecule has 1 aliphatic rings. The van der Waals surface area contributed by atoms with E-state index in [0.29, 0.717) is 0 Å². The molecule has 4 nitrogen and oxygen atoms in total. The maximum atomic E-state index is 11.9. The minimum Gasteiger partial charge on any atom is -0.293 e. The zero-order valence-corrected chi connectivity index (χ0v) is 10.6. The molecule has 1 aliphatic carbocycles. The second kappa shape index (κ2) is 4.07. The standard InChI is InChI=1S/C12H10BrN3O/c13-10-3-4-11-9(12(10)17)7-16(15-11)8-2-1-5-14-6-8/h1-2,5-7,10H,3-4H2. The Morgan fingerprint density at radius 2 is 2.35 bits per heavy atom. The smallest absolute Gasteiger partial charge is 0.179 e. The molecule has 2 aromatic rings. The molecule has 1 atom stereocenters. The molecule has 0 saturated carbocycles. The first-order chi connectivity index (χ1) is 8.25. The average molecular weight is 292 g/mol. The summed E-state index contributed by atoms with van der Waals surface area (Å²) in [7, 11) is 0. The maximum Gasteiger partial charge on any atom is 0.179 e. The highest BCUT2D eigenvalue weighted by Crippen LogP contribution is 2.25. The average Bonchev–Trinajstić information content (AvgIpc) is 2.80. The fourth-order valence-electron chi connectivity index (χ4n) is 1.98. The monoisotopic (exact) mass is 291 g/mol. The summed E-state index contributed by atoms with van der Waals surface area (Å²) < 4.78 is 1.72. The van der Waals surface area contributed by atoms with Crippen molar-refractivity contribution < 1.29 is 4.79 Å². The van der Waals surface area contributed by atoms with Gasteiger partial charge in [0.05, 0.1) is 28.0 Å². The number of carbonyl (C=O) groups is 1. The number of carbonyl (C=O) groups excluding carboxylic acids is 1. The lowest BCUT2D eigenvalue weighted by Gasteiger charge is -2.13. The van der Waals surface area contributed by atoms with Crippen LogP contribution in [0, 0.1) is 0 Å². The molecular formula is C12H10BrN3O. The lowest BCUT2D eigenvalue weighted by molar-refractivity contribution is 0.0981. The second-order valence-corrected chi connectivity index (χ2v) is 5.12. The number of fused-ring (bicyclic) bond motifs is 1. The highest BCUT2D eigenvalue weighted by Gasteiger charge is 2.28. The van der Waals surface area contributed by atoms with Crippen molar-refractivity contribution in [3.05, 3.63) is 42.0 Å². The Balaban J connectivity index is 2.06. The maximum absolute atomic E-state index is 11.9. The predicted molar refractivity (Wildman–Crippen MR) is 66.7 cm³/mol. The van der Waals surface area contributed by atoms with Crippen LogP contribution >= 0.6 is 15.9 Å². The zero-order chi connectivity index (χ0) is 11.8. The molecule has 0 bridgehead atoms. The summed E-state index contributed by atoms with van der Waals surface area (Å²) in [4.78, 5) is 15.9. The van der Waals surface area contributed by atoms with Gasteiger partial charge < -0.3 is 0 Å². The van der Waals surface area contributed by atoms with Crippen molar-refractivity contribution in [1.82, 2.24) is 14.8 Å². The van der Waals surface area contributed by atoms with Crippen LogP contribution in [-0.4, -0.2) is 25.4 Å². The Morgan fingerprint density at radius 3 is 3.12 bits per heavy atom. The predicted octanol–water partition coefficient (Wildman–Crippen LogP) is 2.16. The Kier molecular flexibility index (Phi) is 2.55. The number of hydrogen-bond acceptors (Lipinski definition) is 3. The van der Waals surface area contributed by atoms with Gasteiger partial charge in [0.15, 0.2) is 5.78 Å². The van der Waals surface area contributed by atoms with Gasteiger partial charge in [0.25, 0.3) is 0 Å². The molecule has 2 heterocycles. The largest absolute Gasteiger partial charge is 0.293 e. The van der Waals surface area contributed by atoms with Crippen molar-refractivity contribution in [2.45, 2.75) is 17.7 Å². The van der Waals surface area contributed by atoms with E-state index in [1.807, 2.05) is 12.1 Å². The molecule has 0 saturated heterocycles. The van der Waals surface area contributed by atoms with E-state index in [0.717, 1.165) is 29.8 Å². The van der Waals surface area contributed by atoms with Crippen molar-refractivity contribution in [1.29, 1.82) is 0 Å². The number of aromatic nitrogens is 3. The lowest BCUT2D eigenvalue weighted by atomic mass is 9.97. The van der Waals surface area contributed by atoms with Crippen LogP contribution in [0.5, 0.6) is 0 Å². The van der Waals surface area contributed by atoms with Crippen LogP contribution in [-0.2, 0) is 6.42 Å². The van der Waals surface area contributed by atoms with E-state index in [2.05, 4.69) is 26.0 Å². The normalized spacial score (nSPS) is 19.1. The number of nitrogens with zero attached hydrogens (tertiary/aromatic N) is 3. The number of rotatable bonds is 1. The minimum atomic E-state index is -0.0680. The van der Waals surface area contributed by atoms with Gasteiger partial charge in [-0.15, -0.1) is 0 Å². The third kappa shape index (κ3) is 1.80. The number of Topliss-reactive ketones (excluding diaryl/α,β-unsaturated/α-hetero) is 1. The Labute approximate surface area is 107 Å². The first-order valence-corrected chi connectivity index (χ1v) is 6.34. The zero-order valence-electron chi connectivity index (χ0n) is 9.01. The van der Waals surface area contributed by atoms with E-state index in [4.69, 9.17) is 0 Å². The Hall–Kier alpha value is -1.49. The number of ketones is 1. The van der Waals surface area contributed by atoms with Crippen molar-refractivity contribution in [2.75, 3.05) is 0 Å². The molecule has 0 aliphatic heterocycles. The van der Waals surface area contributed by atoms with Crippen LogP contribution in [0.4, 0.5) is 0 Å². The van der Waals surface area contributed by atoms with Gasteiger partial charge in [-0.25, -0.2) is 4.68 Å². The molecule has 86 valence electrons. The molecule has 0 aromatic carbocycles. The summed E-state index contributed by atoms with van der Waals surface area (Å²) in [5.41, 5.74) is 2.48. The van der Waals surface area contributed by atoms with E-state index in [-0.39, 0.29) is 10.6 Å². The number of aryl methyl sites for hydroxylation is 1. The van der Waals surface area contributed by atoms with Gasteiger partial charge in [-0.05, 0) is 25.0 Å². The van der Waals surface area contributed by atoms with Gasteiger partial charge in [0.1, 0.15) is 0 Å². The van der Waals surface area contributed by atoms with Crippen molar-refractivity contribution in [2.24, 2.45) is 0 Å². The fourth-order valence-corrected chi connectivity index (χ4v) is 2.46. The van der Waals surface area contributed by atoms with Crippen LogP contribution in [0.2, 0.25) is 0 Å². The number of pyridine rings is 1. The summed E-state index contributed by atoms with van der Waals surface area (Å²) in [6.07, 6.45) is 6.89. The summed E-state index contributed by atoms with van der Waals surface area (Å²) in [6.45, 7) is 0. The summed E-state index contributed by atoms with van der Waals surface area (Å²) >= 11 is 3.39. The van der Waals surface area contributed by atoms with Gasteiger partial charge in [0, 0.05) is 12.4 Å². The van der Waals surface area contributed by atoms with Crippen molar-refractivity contribution in [3.8, 4) is 5.69 Å². The highest BCUT2D eigenvalue weighted by molar-refractivity contribution is 9.10. The van der Waals surface area contributed by atoms with Gasteiger partial charge in [-0.2, -0.15) is 5.10 Å². The molecule has 1 unspecified atom stereocenters. The molecule has 17 heavy (non-hydrogen) atoms. The molecule has 2 aromatic heterocycles.